The first-order valence-electron chi connectivity index (χ1n) is 8.74. The van der Waals surface area contributed by atoms with Gasteiger partial charge < -0.3 is 14.5 Å². The number of oxazole rings is 1. The molecule has 0 spiro atoms. The molecule has 0 fully saturated rings. The Morgan fingerprint density at radius 3 is 2.64 bits per heavy atom. The highest BCUT2D eigenvalue weighted by Crippen LogP contribution is 2.12. The Kier molecular flexibility index (Phi) is 5.88. The number of amides is 1. The molecule has 0 aliphatic heterocycles. The van der Waals surface area contributed by atoms with Crippen LogP contribution in [0.4, 0.5) is 4.39 Å². The van der Waals surface area contributed by atoms with Crippen molar-refractivity contribution in [3.05, 3.63) is 70.5 Å². The Labute approximate surface area is 159 Å². The zero-order chi connectivity index (χ0) is 20.1. The number of aryl methyl sites for hydroxylation is 1. The molecule has 0 saturated carbocycles. The van der Waals surface area contributed by atoms with Crippen LogP contribution in [0, 0.1) is 5.82 Å². The number of nitrogens with one attached hydrogen (secondary N) is 1. The van der Waals surface area contributed by atoms with Crippen LogP contribution in [0.1, 0.15) is 18.9 Å². The fourth-order valence-electron chi connectivity index (χ4n) is 2.67. The molecule has 3 rings (SSSR count). The molecule has 146 valence electrons. The molecule has 7 nitrogen and oxygen atoms in total. The van der Waals surface area contributed by atoms with E-state index in [0.29, 0.717) is 11.1 Å². The molecule has 1 aromatic heterocycles. The summed E-state index contributed by atoms with van der Waals surface area (Å²) in [5.74, 6) is -1.99. The molecule has 8 heteroatoms. The molecule has 1 amide bonds. The average molecular weight is 386 g/mol. The number of carbonyl (C=O) groups excluding carboxylic acids is 2. The van der Waals surface area contributed by atoms with Gasteiger partial charge in [0, 0.05) is 13.1 Å². The molecule has 1 N–H and O–H groups in total. The minimum atomic E-state index is -0.995. The van der Waals surface area contributed by atoms with E-state index in [2.05, 4.69) is 5.32 Å². The number of halogens is 1. The van der Waals surface area contributed by atoms with Crippen molar-refractivity contribution < 1.29 is 23.1 Å². The molecule has 0 saturated heterocycles. The van der Waals surface area contributed by atoms with Crippen molar-refractivity contribution in [3.63, 3.8) is 0 Å². The van der Waals surface area contributed by atoms with E-state index in [1.165, 1.54) is 23.6 Å². The Hall–Kier alpha value is -3.42. The summed E-state index contributed by atoms with van der Waals surface area (Å²) in [7, 11) is 0. The highest BCUT2D eigenvalue weighted by molar-refractivity contribution is 5.83. The van der Waals surface area contributed by atoms with Crippen molar-refractivity contribution in [3.8, 4) is 0 Å². The summed E-state index contributed by atoms with van der Waals surface area (Å²) in [6.07, 6.45) is -1.08. The smallest absolute Gasteiger partial charge is 0.419 e. The number of aromatic nitrogens is 1. The number of fused-ring (bicyclic) bond motifs is 1. The second-order valence-electron chi connectivity index (χ2n) is 6.21. The highest BCUT2D eigenvalue weighted by atomic mass is 19.1. The van der Waals surface area contributed by atoms with Crippen molar-refractivity contribution in [2.45, 2.75) is 32.5 Å². The van der Waals surface area contributed by atoms with E-state index < -0.39 is 23.7 Å². The van der Waals surface area contributed by atoms with Crippen LogP contribution >= 0.6 is 0 Å². The number of hydrogen-bond donors (Lipinski definition) is 1. The number of benzene rings is 2. The van der Waals surface area contributed by atoms with E-state index in [-0.39, 0.29) is 25.3 Å². The molecule has 0 aliphatic rings. The van der Waals surface area contributed by atoms with Crippen molar-refractivity contribution in [1.29, 1.82) is 0 Å². The first-order valence-corrected chi connectivity index (χ1v) is 8.74. The van der Waals surface area contributed by atoms with Crippen LogP contribution in [0.5, 0.6) is 0 Å². The molecule has 0 radical (unpaired) electrons. The van der Waals surface area contributed by atoms with Gasteiger partial charge in [-0.05, 0) is 36.8 Å². The summed E-state index contributed by atoms with van der Waals surface area (Å²) >= 11 is 0. The molecular weight excluding hydrogens is 367 g/mol. The maximum atomic E-state index is 12.9. The maximum Gasteiger partial charge on any atom is 0.419 e. The number of hydrogen-bond acceptors (Lipinski definition) is 5. The summed E-state index contributed by atoms with van der Waals surface area (Å²) in [6, 6.07) is 12.6. The summed E-state index contributed by atoms with van der Waals surface area (Å²) in [4.78, 5) is 35.9. The molecule has 2 aromatic carbocycles. The van der Waals surface area contributed by atoms with Gasteiger partial charge in [0.2, 0.25) is 0 Å². The third-order valence-corrected chi connectivity index (χ3v) is 4.17. The number of carbonyl (C=O) groups is 2. The van der Waals surface area contributed by atoms with Gasteiger partial charge in [0.15, 0.2) is 11.7 Å². The van der Waals surface area contributed by atoms with Crippen molar-refractivity contribution in [2.75, 3.05) is 0 Å². The van der Waals surface area contributed by atoms with Crippen LogP contribution in [0.2, 0.25) is 0 Å². The van der Waals surface area contributed by atoms with Crippen LogP contribution in [0.25, 0.3) is 11.1 Å². The lowest BCUT2D eigenvalue weighted by molar-refractivity contribution is -0.155. The Morgan fingerprint density at radius 2 is 1.89 bits per heavy atom. The van der Waals surface area contributed by atoms with Gasteiger partial charge in [-0.3, -0.25) is 14.2 Å². The lowest BCUT2D eigenvalue weighted by Gasteiger charge is -2.13. The fourth-order valence-corrected chi connectivity index (χ4v) is 2.67. The molecular formula is C20H19FN2O5. The lowest BCUT2D eigenvalue weighted by Crippen LogP contribution is -2.35. The van der Waals surface area contributed by atoms with Crippen LogP contribution in [-0.2, 0) is 27.4 Å². The van der Waals surface area contributed by atoms with Crippen molar-refractivity contribution in [2.24, 2.45) is 0 Å². The molecule has 3 aromatic rings. The zero-order valence-corrected chi connectivity index (χ0v) is 15.2. The first-order chi connectivity index (χ1) is 13.4. The van der Waals surface area contributed by atoms with Gasteiger partial charge in [-0.15, -0.1) is 0 Å². The Bertz CT molecular complexity index is 1040. The van der Waals surface area contributed by atoms with Gasteiger partial charge in [0.25, 0.3) is 5.91 Å². The first kappa shape index (κ1) is 19.3. The van der Waals surface area contributed by atoms with Gasteiger partial charge in [-0.1, -0.05) is 24.3 Å². The number of ether oxygens (including phenoxy) is 1. The molecule has 1 atom stereocenters. The number of esters is 1. The SMILES string of the molecule is C[C@@H](OC(=O)CCn1c(=O)oc2ccccc21)C(=O)NCc1ccc(F)cc1. The fraction of sp³-hybridized carbons (Fsp3) is 0.250. The van der Waals surface area contributed by atoms with Crippen LogP contribution in [0.3, 0.4) is 0 Å². The zero-order valence-electron chi connectivity index (χ0n) is 15.2. The van der Waals surface area contributed by atoms with E-state index in [1.54, 1.807) is 36.4 Å². The van der Waals surface area contributed by atoms with Crippen LogP contribution < -0.4 is 11.1 Å². The van der Waals surface area contributed by atoms with E-state index in [9.17, 15) is 18.8 Å². The largest absolute Gasteiger partial charge is 0.452 e. The summed E-state index contributed by atoms with van der Waals surface area (Å²) in [5.41, 5.74) is 1.75. The van der Waals surface area contributed by atoms with E-state index in [0.717, 1.165) is 5.56 Å². The van der Waals surface area contributed by atoms with Crippen molar-refractivity contribution in [1.82, 2.24) is 9.88 Å². The van der Waals surface area contributed by atoms with Crippen LogP contribution in [-0.4, -0.2) is 22.5 Å². The van der Waals surface area contributed by atoms with Gasteiger partial charge in [-0.2, -0.15) is 0 Å². The molecule has 0 bridgehead atoms. The van der Waals surface area contributed by atoms with Gasteiger partial charge in [0.1, 0.15) is 5.82 Å². The Balaban J connectivity index is 1.49. The highest BCUT2D eigenvalue weighted by Gasteiger charge is 2.18. The quantitative estimate of drug-likeness (QED) is 0.630. The number of rotatable bonds is 7. The predicted octanol–water partition coefficient (Wildman–Crippen LogP) is 2.37. The average Bonchev–Trinajstić information content (AvgIpc) is 3.00. The molecule has 0 aliphatic carbocycles. The predicted molar refractivity (Wildman–Crippen MR) is 98.9 cm³/mol. The van der Waals surface area contributed by atoms with Gasteiger partial charge in [-0.25, -0.2) is 9.18 Å². The lowest BCUT2D eigenvalue weighted by atomic mass is 10.2. The van der Waals surface area contributed by atoms with E-state index in [1.807, 2.05) is 0 Å². The minimum Gasteiger partial charge on any atom is -0.452 e. The summed E-state index contributed by atoms with van der Waals surface area (Å²) in [5, 5.41) is 2.62. The molecule has 28 heavy (non-hydrogen) atoms. The van der Waals surface area contributed by atoms with Gasteiger partial charge >= 0.3 is 11.7 Å². The molecule has 1 heterocycles. The monoisotopic (exact) mass is 386 g/mol. The number of nitrogens with zero attached hydrogens (tertiary/aromatic N) is 1. The standard InChI is InChI=1S/C20H19FN2O5/c1-13(19(25)22-12-14-6-8-15(21)9-7-14)27-18(24)10-11-23-16-4-2-3-5-17(16)28-20(23)26/h2-9,13H,10-12H2,1H3,(H,22,25)/t13-/m1/s1. The van der Waals surface area contributed by atoms with E-state index >= 15 is 0 Å². The minimum absolute atomic E-state index is 0.0819. The second-order valence-corrected chi connectivity index (χ2v) is 6.21. The Morgan fingerprint density at radius 1 is 1.18 bits per heavy atom. The summed E-state index contributed by atoms with van der Waals surface area (Å²) in [6.45, 7) is 1.73. The normalized spacial score (nSPS) is 11.9. The van der Waals surface area contributed by atoms with E-state index in [4.69, 9.17) is 9.15 Å². The number of para-hydroxylation sites is 2. The van der Waals surface area contributed by atoms with Gasteiger partial charge in [0.05, 0.1) is 11.9 Å². The van der Waals surface area contributed by atoms with Crippen molar-refractivity contribution >= 4 is 23.0 Å². The third kappa shape index (κ3) is 4.64. The summed E-state index contributed by atoms with van der Waals surface area (Å²) < 4.78 is 24.4. The topological polar surface area (TPSA) is 90.5 Å². The third-order valence-electron chi connectivity index (χ3n) is 4.17. The van der Waals surface area contributed by atoms with Crippen LogP contribution in [0.15, 0.2) is 57.7 Å². The molecule has 0 unspecified atom stereocenters. The maximum absolute atomic E-state index is 12.9. The second kappa shape index (κ2) is 8.51.